The summed E-state index contributed by atoms with van der Waals surface area (Å²) in [6.07, 6.45) is 2.20. The Morgan fingerprint density at radius 3 is 2.50 bits per heavy atom. The van der Waals surface area contributed by atoms with Crippen LogP contribution >= 0.6 is 0 Å². The number of ether oxygens (including phenoxy) is 3. The van der Waals surface area contributed by atoms with Gasteiger partial charge in [0, 0.05) is 0 Å². The van der Waals surface area contributed by atoms with Crippen molar-refractivity contribution in [3.05, 3.63) is 54.0 Å². The fourth-order valence-corrected chi connectivity index (χ4v) is 1.54. The highest BCUT2D eigenvalue weighted by atomic mass is 19.1. The van der Waals surface area contributed by atoms with Crippen molar-refractivity contribution in [3.63, 3.8) is 0 Å². The predicted molar refractivity (Wildman–Crippen MR) is 82.6 cm³/mol. The second-order valence-corrected chi connectivity index (χ2v) is 4.28. The molecule has 8 heteroatoms. The van der Waals surface area contributed by atoms with Crippen LogP contribution in [0.1, 0.15) is 10.4 Å². The topological polar surface area (TPSA) is 90.9 Å². The molecule has 0 amide bonds. The molecule has 0 fully saturated rings. The Bertz CT molecular complexity index is 683. The summed E-state index contributed by atoms with van der Waals surface area (Å²) in [5.74, 6) is -3.27. The van der Waals surface area contributed by atoms with Crippen LogP contribution in [0.15, 0.2) is 42.6 Å². The van der Waals surface area contributed by atoms with Gasteiger partial charge in [-0.1, -0.05) is 12.7 Å². The molecule has 1 N–H and O–H groups in total. The van der Waals surface area contributed by atoms with E-state index in [-0.39, 0.29) is 23.6 Å². The van der Waals surface area contributed by atoms with Crippen LogP contribution in [0.3, 0.4) is 0 Å². The van der Waals surface area contributed by atoms with Gasteiger partial charge in [-0.3, -0.25) is 0 Å². The molecule has 0 aromatic heterocycles. The molecule has 0 radical (unpaired) electrons. The second kappa shape index (κ2) is 9.09. The molecular weight excluding hydrogens is 321 g/mol. The molecule has 0 heterocycles. The Labute approximate surface area is 137 Å². The van der Waals surface area contributed by atoms with E-state index in [2.05, 4.69) is 21.4 Å². The molecule has 0 aliphatic heterocycles. The fourth-order valence-electron chi connectivity index (χ4n) is 1.54. The molecule has 1 rings (SSSR count). The van der Waals surface area contributed by atoms with Crippen molar-refractivity contribution in [2.24, 2.45) is 0 Å². The van der Waals surface area contributed by atoms with Gasteiger partial charge < -0.3 is 19.5 Å². The van der Waals surface area contributed by atoms with Crippen molar-refractivity contribution < 1.29 is 33.0 Å². The molecule has 1 aromatic carbocycles. The molecule has 0 atom stereocenters. The van der Waals surface area contributed by atoms with Crippen molar-refractivity contribution in [1.82, 2.24) is 0 Å². The van der Waals surface area contributed by atoms with E-state index in [1.54, 1.807) is 0 Å². The Morgan fingerprint density at radius 1 is 1.25 bits per heavy atom. The molecule has 24 heavy (non-hydrogen) atoms. The summed E-state index contributed by atoms with van der Waals surface area (Å²) in [5, 5.41) is 2.41. The molecule has 0 aliphatic rings. The lowest BCUT2D eigenvalue weighted by atomic mass is 10.2. The van der Waals surface area contributed by atoms with E-state index in [1.165, 1.54) is 18.2 Å². The van der Waals surface area contributed by atoms with Gasteiger partial charge in [-0.25, -0.2) is 18.8 Å². The number of benzene rings is 1. The fraction of sp³-hybridized carbons (Fsp3) is 0.188. The number of esters is 3. The van der Waals surface area contributed by atoms with Crippen molar-refractivity contribution in [1.29, 1.82) is 0 Å². The first kappa shape index (κ1) is 18.9. The number of hydrogen-bond donors (Lipinski definition) is 1. The van der Waals surface area contributed by atoms with Crippen LogP contribution in [-0.2, 0) is 23.8 Å². The van der Waals surface area contributed by atoms with Crippen LogP contribution in [-0.4, -0.2) is 38.7 Å². The predicted octanol–water partition coefficient (Wildman–Crippen LogP) is 1.81. The molecule has 0 saturated carbocycles. The van der Waals surface area contributed by atoms with E-state index >= 15 is 0 Å². The zero-order chi connectivity index (χ0) is 18.1. The van der Waals surface area contributed by atoms with E-state index in [0.29, 0.717) is 0 Å². The third-order valence-corrected chi connectivity index (χ3v) is 2.68. The molecule has 0 unspecified atom stereocenters. The van der Waals surface area contributed by atoms with Gasteiger partial charge in [-0.2, -0.15) is 0 Å². The van der Waals surface area contributed by atoms with Gasteiger partial charge >= 0.3 is 17.9 Å². The second-order valence-electron chi connectivity index (χ2n) is 4.28. The van der Waals surface area contributed by atoms with Crippen LogP contribution in [0.5, 0.6) is 0 Å². The summed E-state index contributed by atoms with van der Waals surface area (Å²) >= 11 is 0. The molecule has 128 valence electrons. The quantitative estimate of drug-likeness (QED) is 0.351. The number of methoxy groups -OCH3 is 2. The Kier molecular flexibility index (Phi) is 7.15. The third kappa shape index (κ3) is 5.24. The van der Waals surface area contributed by atoms with Gasteiger partial charge in [-0.15, -0.1) is 0 Å². The highest BCUT2D eigenvalue weighted by Gasteiger charge is 2.16. The lowest BCUT2D eigenvalue weighted by Gasteiger charge is -2.11. The van der Waals surface area contributed by atoms with Crippen LogP contribution in [0, 0.1) is 5.82 Å². The average molecular weight is 337 g/mol. The Morgan fingerprint density at radius 2 is 1.96 bits per heavy atom. The average Bonchev–Trinajstić information content (AvgIpc) is 2.59. The summed E-state index contributed by atoms with van der Waals surface area (Å²) in [6, 6.07) is 3.44. The van der Waals surface area contributed by atoms with E-state index in [4.69, 9.17) is 4.74 Å². The number of carbonyl (C=O) groups is 3. The van der Waals surface area contributed by atoms with Crippen LogP contribution in [0.4, 0.5) is 10.1 Å². The molecular formula is C16H16FNO6. The lowest BCUT2D eigenvalue weighted by Crippen LogP contribution is -2.16. The van der Waals surface area contributed by atoms with Crippen molar-refractivity contribution >= 4 is 23.6 Å². The number of halogens is 1. The van der Waals surface area contributed by atoms with Gasteiger partial charge in [0.05, 0.1) is 31.5 Å². The van der Waals surface area contributed by atoms with Crippen molar-refractivity contribution in [2.75, 3.05) is 26.1 Å². The SMILES string of the molecule is C=CCOC(=O)c1ccc(N/C(=C/C(=O)OC)C(=O)OC)c(F)c1. The standard InChI is InChI=1S/C16H16FNO6/c1-4-7-24-15(20)10-5-6-12(11(17)8-10)18-13(16(21)23-3)9-14(19)22-2/h4-6,8-9,18H,1,7H2,2-3H3/b13-9+. The van der Waals surface area contributed by atoms with Gasteiger partial charge in [-0.05, 0) is 18.2 Å². The molecule has 0 saturated heterocycles. The van der Waals surface area contributed by atoms with Crippen molar-refractivity contribution in [2.45, 2.75) is 0 Å². The monoisotopic (exact) mass is 337 g/mol. The Hall–Kier alpha value is -3.16. The maximum atomic E-state index is 14.1. The molecule has 7 nitrogen and oxygen atoms in total. The number of rotatable bonds is 7. The summed E-state index contributed by atoms with van der Waals surface area (Å²) in [5.41, 5.74) is -0.488. The first-order chi connectivity index (χ1) is 11.4. The van der Waals surface area contributed by atoms with Gasteiger partial charge in [0.25, 0.3) is 0 Å². The zero-order valence-electron chi connectivity index (χ0n) is 13.1. The summed E-state index contributed by atoms with van der Waals surface area (Å²) in [4.78, 5) is 34.5. The maximum Gasteiger partial charge on any atom is 0.354 e. The minimum Gasteiger partial charge on any atom is -0.466 e. The number of hydrogen-bond acceptors (Lipinski definition) is 7. The first-order valence-electron chi connectivity index (χ1n) is 6.65. The highest BCUT2D eigenvalue weighted by molar-refractivity contribution is 5.99. The normalized spacial score (nSPS) is 10.5. The Balaban J connectivity index is 3.02. The van der Waals surface area contributed by atoms with Gasteiger partial charge in [0.2, 0.25) is 0 Å². The van der Waals surface area contributed by atoms with Gasteiger partial charge in [0.15, 0.2) is 0 Å². The van der Waals surface area contributed by atoms with E-state index in [0.717, 1.165) is 26.4 Å². The number of nitrogens with one attached hydrogen (secondary N) is 1. The van der Waals surface area contributed by atoms with E-state index in [9.17, 15) is 18.8 Å². The minimum absolute atomic E-state index is 0.00515. The highest BCUT2D eigenvalue weighted by Crippen LogP contribution is 2.19. The summed E-state index contributed by atoms with van der Waals surface area (Å²) in [7, 11) is 2.22. The smallest absolute Gasteiger partial charge is 0.354 e. The van der Waals surface area contributed by atoms with Crippen molar-refractivity contribution in [3.8, 4) is 0 Å². The maximum absolute atomic E-state index is 14.1. The molecule has 1 aromatic rings. The van der Waals surface area contributed by atoms with Crippen LogP contribution in [0.2, 0.25) is 0 Å². The number of carbonyl (C=O) groups excluding carboxylic acids is 3. The minimum atomic E-state index is -0.894. The molecule has 0 spiro atoms. The molecule has 0 bridgehead atoms. The molecule has 0 aliphatic carbocycles. The third-order valence-electron chi connectivity index (χ3n) is 2.68. The van der Waals surface area contributed by atoms with Crippen LogP contribution < -0.4 is 5.32 Å². The zero-order valence-corrected chi connectivity index (χ0v) is 13.1. The van der Waals surface area contributed by atoms with E-state index in [1.807, 2.05) is 0 Å². The largest absolute Gasteiger partial charge is 0.466 e. The summed E-state index contributed by atoms with van der Waals surface area (Å²) in [6.45, 7) is 3.39. The van der Waals surface area contributed by atoms with Gasteiger partial charge in [0.1, 0.15) is 18.1 Å². The van der Waals surface area contributed by atoms with Crippen LogP contribution in [0.25, 0.3) is 0 Å². The summed E-state index contributed by atoms with van der Waals surface area (Å²) < 4.78 is 27.8. The first-order valence-corrected chi connectivity index (χ1v) is 6.65. The lowest BCUT2D eigenvalue weighted by molar-refractivity contribution is -0.138. The van der Waals surface area contributed by atoms with E-state index < -0.39 is 23.7 Å². The number of anilines is 1.